The van der Waals surface area contributed by atoms with Crippen LogP contribution in [-0.4, -0.2) is 27.4 Å². The average Bonchev–Trinajstić information content (AvgIpc) is 3.20. The molecule has 0 saturated carbocycles. The lowest BCUT2D eigenvalue weighted by atomic mass is 10.2. The lowest BCUT2D eigenvalue weighted by Crippen LogP contribution is -2.24. The van der Waals surface area contributed by atoms with Crippen LogP contribution in [0, 0.1) is 5.92 Å². The van der Waals surface area contributed by atoms with Crippen molar-refractivity contribution in [3.05, 3.63) is 58.8 Å². The van der Waals surface area contributed by atoms with Gasteiger partial charge in [0.1, 0.15) is 17.9 Å². The molecule has 1 N–H and O–H groups in total. The van der Waals surface area contributed by atoms with Crippen LogP contribution in [0.15, 0.2) is 52.1 Å². The third kappa shape index (κ3) is 3.57. The minimum Gasteiger partial charge on any atom is -0.493 e. The Bertz CT molecular complexity index is 1290. The highest BCUT2D eigenvalue weighted by Gasteiger charge is 2.18. The van der Waals surface area contributed by atoms with Crippen molar-refractivity contribution in [2.24, 2.45) is 5.92 Å². The molecule has 3 aromatic heterocycles. The van der Waals surface area contributed by atoms with Crippen LogP contribution in [0.1, 0.15) is 19.4 Å². The summed E-state index contributed by atoms with van der Waals surface area (Å²) in [6, 6.07) is 8.72. The van der Waals surface area contributed by atoms with Crippen molar-refractivity contribution in [3.8, 4) is 5.75 Å². The largest absolute Gasteiger partial charge is 0.493 e. The summed E-state index contributed by atoms with van der Waals surface area (Å²) in [7, 11) is 1.50. The number of hydrogen-bond donors (Lipinski definition) is 1. The number of aromatic nitrogens is 3. The minimum absolute atomic E-state index is 0.212. The fraction of sp³-hybridized carbons (Fsp3) is 0.238. The fourth-order valence-corrected chi connectivity index (χ4v) is 2.95. The van der Waals surface area contributed by atoms with Gasteiger partial charge in [-0.15, -0.1) is 0 Å². The Hall–Kier alpha value is -3.88. The van der Waals surface area contributed by atoms with E-state index in [1.165, 1.54) is 17.9 Å². The maximum atomic E-state index is 13.2. The average molecular weight is 408 g/mol. The molecule has 4 rings (SSSR count). The van der Waals surface area contributed by atoms with E-state index in [2.05, 4.69) is 15.3 Å². The summed E-state index contributed by atoms with van der Waals surface area (Å²) in [5.74, 6) is -0.0142. The molecule has 154 valence electrons. The zero-order valence-electron chi connectivity index (χ0n) is 16.7. The Morgan fingerprint density at radius 1 is 1.30 bits per heavy atom. The first-order valence-electron chi connectivity index (χ1n) is 9.33. The first kappa shape index (κ1) is 19.4. The van der Waals surface area contributed by atoms with E-state index in [-0.39, 0.29) is 29.5 Å². The molecule has 30 heavy (non-hydrogen) atoms. The summed E-state index contributed by atoms with van der Waals surface area (Å²) in [6.45, 7) is 3.24. The van der Waals surface area contributed by atoms with Crippen molar-refractivity contribution >= 4 is 34.2 Å². The second kappa shape index (κ2) is 7.86. The van der Waals surface area contributed by atoms with Crippen molar-refractivity contribution in [2.75, 3.05) is 12.4 Å². The maximum absolute atomic E-state index is 13.2. The van der Waals surface area contributed by atoms with Gasteiger partial charge in [-0.25, -0.2) is 9.97 Å². The van der Waals surface area contributed by atoms with E-state index < -0.39 is 5.97 Å². The molecule has 0 saturated heterocycles. The number of nitrogens with zero attached hydrogens (tertiary/aromatic N) is 3. The van der Waals surface area contributed by atoms with E-state index >= 15 is 0 Å². The summed E-state index contributed by atoms with van der Waals surface area (Å²) in [6.07, 6.45) is 2.95. The number of carbonyl (C=O) groups is 1. The van der Waals surface area contributed by atoms with Gasteiger partial charge in [0.15, 0.2) is 23.4 Å². The van der Waals surface area contributed by atoms with Crippen LogP contribution in [0.25, 0.3) is 16.7 Å². The number of nitrogens with one attached hydrogen (secondary N) is 1. The molecular weight excluding hydrogens is 388 g/mol. The molecule has 0 aliphatic carbocycles. The summed E-state index contributed by atoms with van der Waals surface area (Å²) in [4.78, 5) is 33.8. The first-order chi connectivity index (χ1) is 14.5. The zero-order chi connectivity index (χ0) is 21.3. The van der Waals surface area contributed by atoms with Gasteiger partial charge in [-0.05, 0) is 24.3 Å². The zero-order valence-corrected chi connectivity index (χ0v) is 16.7. The third-order valence-corrected chi connectivity index (χ3v) is 4.56. The van der Waals surface area contributed by atoms with Crippen LogP contribution in [0.4, 0.5) is 11.5 Å². The van der Waals surface area contributed by atoms with Crippen LogP contribution in [0.3, 0.4) is 0 Å². The Labute approximate surface area is 171 Å². The topological polar surface area (TPSA) is 108 Å². The Morgan fingerprint density at radius 3 is 2.90 bits per heavy atom. The van der Waals surface area contributed by atoms with E-state index in [0.29, 0.717) is 28.2 Å². The lowest BCUT2D eigenvalue weighted by molar-refractivity contribution is -0.148. The van der Waals surface area contributed by atoms with E-state index in [9.17, 15) is 9.59 Å². The summed E-state index contributed by atoms with van der Waals surface area (Å²) < 4.78 is 17.4. The highest BCUT2D eigenvalue weighted by atomic mass is 16.5. The van der Waals surface area contributed by atoms with Crippen molar-refractivity contribution in [1.82, 2.24) is 14.4 Å². The Morgan fingerprint density at radius 2 is 2.13 bits per heavy atom. The summed E-state index contributed by atoms with van der Waals surface area (Å²) >= 11 is 0. The number of pyridine rings is 1. The molecule has 3 heterocycles. The van der Waals surface area contributed by atoms with Crippen LogP contribution in [0.5, 0.6) is 5.75 Å². The smallest absolute Gasteiger partial charge is 0.308 e. The summed E-state index contributed by atoms with van der Waals surface area (Å²) in [5, 5.41) is 3.13. The molecule has 0 aliphatic rings. The molecule has 0 fully saturated rings. The van der Waals surface area contributed by atoms with E-state index in [1.807, 2.05) is 0 Å². The van der Waals surface area contributed by atoms with Gasteiger partial charge in [0.2, 0.25) is 0 Å². The lowest BCUT2D eigenvalue weighted by Gasteiger charge is -2.15. The predicted octanol–water partition coefficient (Wildman–Crippen LogP) is 3.29. The number of oxazole rings is 1. The van der Waals surface area contributed by atoms with Gasteiger partial charge in [-0.2, -0.15) is 0 Å². The third-order valence-electron chi connectivity index (χ3n) is 4.56. The van der Waals surface area contributed by atoms with Crippen molar-refractivity contribution in [2.45, 2.75) is 20.5 Å². The van der Waals surface area contributed by atoms with Gasteiger partial charge in [0.05, 0.1) is 18.6 Å². The van der Waals surface area contributed by atoms with E-state index in [0.717, 1.165) is 0 Å². The molecular formula is C21H20N4O5. The number of rotatable bonds is 6. The van der Waals surface area contributed by atoms with Crippen LogP contribution >= 0.6 is 0 Å². The van der Waals surface area contributed by atoms with Crippen molar-refractivity contribution in [3.63, 3.8) is 0 Å². The van der Waals surface area contributed by atoms with Crippen LogP contribution in [-0.2, 0) is 16.1 Å². The molecule has 0 aliphatic heterocycles. The molecule has 0 bridgehead atoms. The molecule has 0 spiro atoms. The molecule has 9 heteroatoms. The predicted molar refractivity (Wildman–Crippen MR) is 110 cm³/mol. The highest BCUT2D eigenvalue weighted by Crippen LogP contribution is 2.25. The fourth-order valence-electron chi connectivity index (χ4n) is 2.95. The second-order valence-electron chi connectivity index (χ2n) is 6.94. The quantitative estimate of drug-likeness (QED) is 0.484. The first-order valence-corrected chi connectivity index (χ1v) is 9.33. The number of benzene rings is 1. The SMILES string of the molecule is COc1cccn2c(=O)c(COC(=O)C(C)C)c(Nc3ccc4ncoc4c3)nc12. The summed E-state index contributed by atoms with van der Waals surface area (Å²) in [5.41, 5.74) is 2.13. The monoisotopic (exact) mass is 408 g/mol. The minimum atomic E-state index is -0.404. The van der Waals surface area contributed by atoms with Crippen LogP contribution in [0.2, 0.25) is 0 Å². The van der Waals surface area contributed by atoms with Gasteiger partial charge < -0.3 is 19.2 Å². The van der Waals surface area contributed by atoms with E-state index in [4.69, 9.17) is 13.9 Å². The van der Waals surface area contributed by atoms with Crippen molar-refractivity contribution < 1.29 is 18.7 Å². The molecule has 1 aromatic carbocycles. The number of ether oxygens (including phenoxy) is 2. The molecule has 4 aromatic rings. The number of esters is 1. The van der Waals surface area contributed by atoms with Gasteiger partial charge in [0, 0.05) is 18.0 Å². The number of fused-ring (bicyclic) bond motifs is 2. The normalized spacial score (nSPS) is 11.2. The van der Waals surface area contributed by atoms with Gasteiger partial charge >= 0.3 is 5.97 Å². The van der Waals surface area contributed by atoms with Crippen LogP contribution < -0.4 is 15.6 Å². The molecule has 9 nitrogen and oxygen atoms in total. The van der Waals surface area contributed by atoms with Gasteiger partial charge in [-0.3, -0.25) is 14.0 Å². The standard InChI is InChI=1S/C21H20N4O5/c1-12(2)21(27)29-10-14-18(23-13-6-7-15-17(9-13)30-11-22-15)24-19-16(28-3)5-4-8-25(19)20(14)26/h4-9,11-12,23H,10H2,1-3H3. The number of anilines is 2. The molecule has 0 atom stereocenters. The molecule has 0 radical (unpaired) electrons. The molecule has 0 unspecified atom stereocenters. The maximum Gasteiger partial charge on any atom is 0.308 e. The molecule has 0 amide bonds. The number of methoxy groups -OCH3 is 1. The Kier molecular flexibility index (Phi) is 5.09. The Balaban J connectivity index is 1.82. The van der Waals surface area contributed by atoms with E-state index in [1.54, 1.807) is 50.4 Å². The van der Waals surface area contributed by atoms with Crippen molar-refractivity contribution in [1.29, 1.82) is 0 Å². The second-order valence-corrected chi connectivity index (χ2v) is 6.94. The number of hydrogen-bond acceptors (Lipinski definition) is 8. The van der Waals surface area contributed by atoms with Gasteiger partial charge in [-0.1, -0.05) is 13.8 Å². The highest BCUT2D eigenvalue weighted by molar-refractivity contribution is 5.78. The van der Waals surface area contributed by atoms with Gasteiger partial charge in [0.25, 0.3) is 5.56 Å². The number of carbonyl (C=O) groups excluding carboxylic acids is 1.